The van der Waals surface area contributed by atoms with Crippen molar-refractivity contribution < 1.29 is 19.7 Å². The quantitative estimate of drug-likeness (QED) is 0.677. The lowest BCUT2D eigenvalue weighted by Gasteiger charge is -2.16. The van der Waals surface area contributed by atoms with Gasteiger partial charge in [0.25, 0.3) is 5.91 Å². The molecule has 1 heterocycles. The van der Waals surface area contributed by atoms with Crippen molar-refractivity contribution in [1.29, 1.82) is 0 Å². The van der Waals surface area contributed by atoms with Gasteiger partial charge in [0.2, 0.25) is 0 Å². The minimum atomic E-state index is -0.235. The number of likely N-dealkylation sites (N-methyl/N-ethyl adjacent to an activating group) is 1. The molecule has 0 spiro atoms. The molecule has 1 rings (SSSR count). The van der Waals surface area contributed by atoms with Crippen LogP contribution in [0, 0.1) is 0 Å². The first-order valence-electron chi connectivity index (χ1n) is 5.23. The van der Waals surface area contributed by atoms with Crippen molar-refractivity contribution in [3.63, 3.8) is 0 Å². The number of nitrogens with zero attached hydrogens (tertiary/aromatic N) is 2. The Kier molecular flexibility index (Phi) is 5.38. The Morgan fingerprint density at radius 2 is 2.24 bits per heavy atom. The lowest BCUT2D eigenvalue weighted by molar-refractivity contribution is 0.0618. The van der Waals surface area contributed by atoms with E-state index in [1.165, 1.54) is 23.4 Å². The molecule has 0 aliphatic heterocycles. The number of hydrogen-bond acceptors (Lipinski definition) is 5. The highest BCUT2D eigenvalue weighted by atomic mass is 16.5. The molecule has 1 aromatic heterocycles. The van der Waals surface area contributed by atoms with Crippen molar-refractivity contribution in [1.82, 2.24) is 9.88 Å². The van der Waals surface area contributed by atoms with Crippen LogP contribution in [0.1, 0.15) is 10.4 Å². The van der Waals surface area contributed by atoms with Gasteiger partial charge in [-0.1, -0.05) is 0 Å². The molecule has 0 aromatic carbocycles. The fourth-order valence-electron chi connectivity index (χ4n) is 1.23. The highest BCUT2D eigenvalue weighted by Crippen LogP contribution is 2.10. The summed E-state index contributed by atoms with van der Waals surface area (Å²) in [4.78, 5) is 17.0. The predicted molar refractivity (Wildman–Crippen MR) is 60.8 cm³/mol. The van der Waals surface area contributed by atoms with Gasteiger partial charge in [0, 0.05) is 19.8 Å². The molecule has 0 radical (unpaired) electrons. The van der Waals surface area contributed by atoms with E-state index in [9.17, 15) is 9.90 Å². The first kappa shape index (κ1) is 13.4. The second kappa shape index (κ2) is 6.82. The van der Waals surface area contributed by atoms with Crippen LogP contribution in [-0.2, 0) is 4.74 Å². The summed E-state index contributed by atoms with van der Waals surface area (Å²) in [6.07, 6.45) is 2.66. The maximum atomic E-state index is 11.8. The second-order valence-corrected chi connectivity index (χ2v) is 3.49. The minimum absolute atomic E-state index is 0.0336. The van der Waals surface area contributed by atoms with E-state index in [2.05, 4.69) is 4.98 Å². The summed E-state index contributed by atoms with van der Waals surface area (Å²) in [5, 5.41) is 17.7. The molecular weight excluding hydrogens is 224 g/mol. The summed E-state index contributed by atoms with van der Waals surface area (Å²) in [7, 11) is 1.63. The van der Waals surface area contributed by atoms with E-state index >= 15 is 0 Å². The van der Waals surface area contributed by atoms with E-state index in [0.717, 1.165) is 0 Å². The first-order chi connectivity index (χ1) is 8.15. The molecule has 94 valence electrons. The van der Waals surface area contributed by atoms with E-state index in [1.54, 1.807) is 7.05 Å². The number of amides is 1. The van der Waals surface area contributed by atoms with Crippen molar-refractivity contribution in [3.05, 3.63) is 24.0 Å². The zero-order valence-electron chi connectivity index (χ0n) is 9.67. The predicted octanol–water partition coefficient (Wildman–Crippen LogP) is -0.132. The SMILES string of the molecule is CN(CCOCCO)C(=O)c1cncc(O)c1. The number of rotatable bonds is 6. The summed E-state index contributed by atoms with van der Waals surface area (Å²) in [5.74, 6) is -0.276. The monoisotopic (exact) mass is 240 g/mol. The van der Waals surface area contributed by atoms with Gasteiger partial charge >= 0.3 is 0 Å². The fourth-order valence-corrected chi connectivity index (χ4v) is 1.23. The lowest BCUT2D eigenvalue weighted by Crippen LogP contribution is -2.30. The Hall–Kier alpha value is -1.66. The Morgan fingerprint density at radius 3 is 2.88 bits per heavy atom. The maximum Gasteiger partial charge on any atom is 0.255 e. The van der Waals surface area contributed by atoms with Crippen molar-refractivity contribution in [2.24, 2.45) is 0 Å². The smallest absolute Gasteiger partial charge is 0.255 e. The molecule has 1 aromatic rings. The molecule has 0 saturated carbocycles. The van der Waals surface area contributed by atoms with Crippen LogP contribution in [0.4, 0.5) is 0 Å². The largest absolute Gasteiger partial charge is 0.506 e. The summed E-state index contributed by atoms with van der Waals surface area (Å²) in [5.41, 5.74) is 0.328. The standard InChI is InChI=1S/C11H16N2O4/c1-13(2-4-17-5-3-14)11(16)9-6-10(15)8-12-7-9/h6-8,14-15H,2-5H2,1H3. The first-order valence-corrected chi connectivity index (χ1v) is 5.23. The third-order valence-corrected chi connectivity index (χ3v) is 2.12. The molecular formula is C11H16N2O4. The molecule has 0 atom stereocenters. The van der Waals surface area contributed by atoms with Gasteiger partial charge in [0.1, 0.15) is 5.75 Å². The van der Waals surface area contributed by atoms with Gasteiger partial charge in [-0.05, 0) is 6.07 Å². The van der Waals surface area contributed by atoms with Gasteiger partial charge in [0.05, 0.1) is 31.6 Å². The zero-order valence-corrected chi connectivity index (χ0v) is 9.67. The van der Waals surface area contributed by atoms with E-state index < -0.39 is 0 Å². The molecule has 2 N–H and O–H groups in total. The van der Waals surface area contributed by atoms with Gasteiger partial charge in [-0.2, -0.15) is 0 Å². The second-order valence-electron chi connectivity index (χ2n) is 3.49. The molecule has 6 heteroatoms. The van der Waals surface area contributed by atoms with Crippen LogP contribution in [0.15, 0.2) is 18.5 Å². The summed E-state index contributed by atoms with van der Waals surface area (Å²) in [6.45, 7) is 0.993. The van der Waals surface area contributed by atoms with Gasteiger partial charge in [-0.3, -0.25) is 9.78 Å². The van der Waals surface area contributed by atoms with Crippen molar-refractivity contribution in [3.8, 4) is 5.75 Å². The maximum absolute atomic E-state index is 11.8. The molecule has 6 nitrogen and oxygen atoms in total. The number of aliphatic hydroxyl groups excluding tert-OH is 1. The van der Waals surface area contributed by atoms with Crippen LogP contribution in [0.5, 0.6) is 5.75 Å². The highest BCUT2D eigenvalue weighted by Gasteiger charge is 2.12. The van der Waals surface area contributed by atoms with Crippen LogP contribution in [0.3, 0.4) is 0 Å². The summed E-state index contributed by atoms with van der Waals surface area (Å²) < 4.78 is 5.05. The average molecular weight is 240 g/mol. The normalized spacial score (nSPS) is 10.2. The third-order valence-electron chi connectivity index (χ3n) is 2.12. The van der Waals surface area contributed by atoms with Crippen LogP contribution >= 0.6 is 0 Å². The Labute approximate surface area is 99.5 Å². The van der Waals surface area contributed by atoms with Crippen LogP contribution in [0.25, 0.3) is 0 Å². The Balaban J connectivity index is 2.46. The molecule has 1 amide bonds. The number of aromatic nitrogens is 1. The van der Waals surface area contributed by atoms with Crippen molar-refractivity contribution >= 4 is 5.91 Å². The van der Waals surface area contributed by atoms with E-state index in [1.807, 2.05) is 0 Å². The number of aromatic hydroxyl groups is 1. The number of pyridine rings is 1. The van der Waals surface area contributed by atoms with Gasteiger partial charge < -0.3 is 19.8 Å². The molecule has 17 heavy (non-hydrogen) atoms. The number of hydrogen-bond donors (Lipinski definition) is 2. The number of carbonyl (C=O) groups excluding carboxylic acids is 1. The van der Waals surface area contributed by atoms with Crippen LogP contribution in [-0.4, -0.2) is 59.4 Å². The number of carbonyl (C=O) groups is 1. The molecule has 0 aliphatic rings. The third kappa shape index (κ3) is 4.38. The molecule has 0 unspecified atom stereocenters. The van der Waals surface area contributed by atoms with Gasteiger partial charge in [0.15, 0.2) is 0 Å². The zero-order chi connectivity index (χ0) is 12.7. The molecule has 0 aliphatic carbocycles. The van der Waals surface area contributed by atoms with Crippen molar-refractivity contribution in [2.45, 2.75) is 0 Å². The summed E-state index contributed by atoms with van der Waals surface area (Å²) in [6, 6.07) is 1.36. The average Bonchev–Trinajstić information content (AvgIpc) is 2.33. The van der Waals surface area contributed by atoms with Gasteiger partial charge in [-0.25, -0.2) is 0 Å². The van der Waals surface area contributed by atoms with E-state index in [4.69, 9.17) is 9.84 Å². The lowest BCUT2D eigenvalue weighted by atomic mass is 10.2. The van der Waals surface area contributed by atoms with Crippen LogP contribution < -0.4 is 0 Å². The van der Waals surface area contributed by atoms with E-state index in [0.29, 0.717) is 18.7 Å². The fraction of sp³-hybridized carbons (Fsp3) is 0.455. The molecule has 0 bridgehead atoms. The number of aliphatic hydroxyl groups is 1. The van der Waals surface area contributed by atoms with Gasteiger partial charge in [-0.15, -0.1) is 0 Å². The van der Waals surface area contributed by atoms with Crippen molar-refractivity contribution in [2.75, 3.05) is 33.4 Å². The Bertz CT molecular complexity index is 370. The summed E-state index contributed by atoms with van der Waals surface area (Å²) >= 11 is 0. The van der Waals surface area contributed by atoms with Crippen LogP contribution in [0.2, 0.25) is 0 Å². The Morgan fingerprint density at radius 1 is 1.47 bits per heavy atom. The number of ether oxygens (including phenoxy) is 1. The van der Waals surface area contributed by atoms with E-state index in [-0.39, 0.29) is 24.9 Å². The molecule has 0 fully saturated rings. The topological polar surface area (TPSA) is 82.9 Å². The minimum Gasteiger partial charge on any atom is -0.506 e. The molecule has 0 saturated heterocycles. The highest BCUT2D eigenvalue weighted by molar-refractivity contribution is 5.94.